The van der Waals surface area contributed by atoms with Gasteiger partial charge in [-0.1, -0.05) is 24.3 Å². The number of rotatable bonds is 6. The number of aliphatic hydroxyl groups is 1. The van der Waals surface area contributed by atoms with Crippen molar-refractivity contribution >= 4 is 6.29 Å². The molecule has 0 saturated heterocycles. The van der Waals surface area contributed by atoms with E-state index in [1.54, 1.807) is 0 Å². The van der Waals surface area contributed by atoms with Gasteiger partial charge in [0.25, 0.3) is 0 Å². The molecule has 1 rings (SSSR count). The second kappa shape index (κ2) is 6.33. The predicted octanol–water partition coefficient (Wildman–Crippen LogP) is 1.74. The van der Waals surface area contributed by atoms with E-state index in [0.29, 0.717) is 12.8 Å². The SMILES string of the molecule is O=CCCCc1ccc(CCO)cc1. The summed E-state index contributed by atoms with van der Waals surface area (Å²) in [6.07, 6.45) is 4.19. The molecule has 1 aromatic rings. The quantitative estimate of drug-likeness (QED) is 0.550. The number of carbonyl (C=O) groups excluding carboxylic acids is 1. The van der Waals surface area contributed by atoms with Crippen LogP contribution in [0.5, 0.6) is 0 Å². The highest BCUT2D eigenvalue weighted by molar-refractivity contribution is 5.49. The number of benzene rings is 1. The van der Waals surface area contributed by atoms with Crippen molar-refractivity contribution in [3.8, 4) is 0 Å². The Morgan fingerprint density at radius 1 is 1.07 bits per heavy atom. The number of unbranched alkanes of at least 4 members (excludes halogenated alkanes) is 1. The molecule has 0 unspecified atom stereocenters. The molecule has 2 heteroatoms. The van der Waals surface area contributed by atoms with Crippen LogP contribution in [0, 0.1) is 0 Å². The van der Waals surface area contributed by atoms with Gasteiger partial charge < -0.3 is 9.90 Å². The third kappa shape index (κ3) is 3.71. The molecule has 1 N–H and O–H groups in total. The molecule has 2 nitrogen and oxygen atoms in total. The normalized spacial score (nSPS) is 10.1. The van der Waals surface area contributed by atoms with Crippen LogP contribution in [0.1, 0.15) is 24.0 Å². The molecule has 0 fully saturated rings. The van der Waals surface area contributed by atoms with Crippen LogP contribution in [0.3, 0.4) is 0 Å². The Balaban J connectivity index is 2.42. The van der Waals surface area contributed by atoms with E-state index in [-0.39, 0.29) is 6.61 Å². The topological polar surface area (TPSA) is 37.3 Å². The molecule has 0 heterocycles. The van der Waals surface area contributed by atoms with Crippen LogP contribution >= 0.6 is 0 Å². The van der Waals surface area contributed by atoms with Crippen molar-refractivity contribution in [3.05, 3.63) is 35.4 Å². The van der Waals surface area contributed by atoms with Crippen molar-refractivity contribution in [2.24, 2.45) is 0 Å². The average molecular weight is 192 g/mol. The van der Waals surface area contributed by atoms with Gasteiger partial charge in [0.2, 0.25) is 0 Å². The van der Waals surface area contributed by atoms with Crippen molar-refractivity contribution in [1.29, 1.82) is 0 Å². The molecule has 0 aliphatic heterocycles. The maximum absolute atomic E-state index is 10.1. The molecular formula is C12H16O2. The fourth-order valence-electron chi connectivity index (χ4n) is 1.39. The molecule has 0 amide bonds. The van der Waals surface area contributed by atoms with E-state index in [1.807, 2.05) is 12.1 Å². The van der Waals surface area contributed by atoms with E-state index in [0.717, 1.165) is 24.7 Å². The summed E-state index contributed by atoms with van der Waals surface area (Å²) < 4.78 is 0. The van der Waals surface area contributed by atoms with E-state index in [4.69, 9.17) is 5.11 Å². The van der Waals surface area contributed by atoms with Gasteiger partial charge >= 0.3 is 0 Å². The number of hydrogen-bond donors (Lipinski definition) is 1. The van der Waals surface area contributed by atoms with Gasteiger partial charge in [-0.3, -0.25) is 0 Å². The molecule has 0 aromatic heterocycles. The van der Waals surface area contributed by atoms with E-state index in [9.17, 15) is 4.79 Å². The maximum Gasteiger partial charge on any atom is 0.120 e. The lowest BCUT2D eigenvalue weighted by molar-refractivity contribution is -0.107. The lowest BCUT2D eigenvalue weighted by Crippen LogP contribution is -1.91. The van der Waals surface area contributed by atoms with Crippen LogP contribution in [0.15, 0.2) is 24.3 Å². The summed E-state index contributed by atoms with van der Waals surface area (Å²) in [6, 6.07) is 8.20. The van der Waals surface area contributed by atoms with Crippen molar-refractivity contribution in [1.82, 2.24) is 0 Å². The lowest BCUT2D eigenvalue weighted by Gasteiger charge is -2.01. The first-order valence-corrected chi connectivity index (χ1v) is 4.99. The van der Waals surface area contributed by atoms with E-state index in [2.05, 4.69) is 12.1 Å². The van der Waals surface area contributed by atoms with Crippen molar-refractivity contribution in [2.75, 3.05) is 6.61 Å². The first kappa shape index (κ1) is 10.9. The van der Waals surface area contributed by atoms with Crippen molar-refractivity contribution < 1.29 is 9.90 Å². The average Bonchev–Trinajstić information content (AvgIpc) is 2.21. The number of aryl methyl sites for hydroxylation is 1. The third-order valence-electron chi connectivity index (χ3n) is 2.21. The zero-order valence-electron chi connectivity index (χ0n) is 8.28. The van der Waals surface area contributed by atoms with Crippen LogP contribution < -0.4 is 0 Å². The Morgan fingerprint density at radius 3 is 2.14 bits per heavy atom. The van der Waals surface area contributed by atoms with Crippen molar-refractivity contribution in [2.45, 2.75) is 25.7 Å². The van der Waals surface area contributed by atoms with Gasteiger partial charge in [0, 0.05) is 13.0 Å². The van der Waals surface area contributed by atoms with E-state index >= 15 is 0 Å². The monoisotopic (exact) mass is 192 g/mol. The number of hydrogen-bond acceptors (Lipinski definition) is 2. The van der Waals surface area contributed by atoms with Crippen LogP contribution in [-0.2, 0) is 17.6 Å². The van der Waals surface area contributed by atoms with Gasteiger partial charge in [0.15, 0.2) is 0 Å². The molecule has 14 heavy (non-hydrogen) atoms. The highest BCUT2D eigenvalue weighted by Crippen LogP contribution is 2.07. The van der Waals surface area contributed by atoms with Crippen LogP contribution in [-0.4, -0.2) is 18.0 Å². The molecule has 1 aromatic carbocycles. The molecule has 0 spiro atoms. The lowest BCUT2D eigenvalue weighted by atomic mass is 10.1. The first-order valence-electron chi connectivity index (χ1n) is 4.99. The predicted molar refractivity (Wildman–Crippen MR) is 56.2 cm³/mol. The zero-order valence-corrected chi connectivity index (χ0v) is 8.28. The minimum atomic E-state index is 0.199. The smallest absolute Gasteiger partial charge is 0.120 e. The Kier molecular flexibility index (Phi) is 4.94. The van der Waals surface area contributed by atoms with E-state index in [1.165, 1.54) is 5.56 Å². The largest absolute Gasteiger partial charge is 0.396 e. The summed E-state index contributed by atoms with van der Waals surface area (Å²) in [5, 5.41) is 8.72. The summed E-state index contributed by atoms with van der Waals surface area (Å²) in [5.41, 5.74) is 2.42. The van der Waals surface area contributed by atoms with Gasteiger partial charge in [-0.25, -0.2) is 0 Å². The summed E-state index contributed by atoms with van der Waals surface area (Å²) in [5.74, 6) is 0. The van der Waals surface area contributed by atoms with E-state index < -0.39 is 0 Å². The van der Waals surface area contributed by atoms with Gasteiger partial charge in [-0.15, -0.1) is 0 Å². The Hall–Kier alpha value is -1.15. The molecule has 0 atom stereocenters. The van der Waals surface area contributed by atoms with Crippen molar-refractivity contribution in [3.63, 3.8) is 0 Å². The second-order valence-corrected chi connectivity index (χ2v) is 3.35. The Bertz CT molecular complexity index is 264. The molecule has 76 valence electrons. The minimum Gasteiger partial charge on any atom is -0.396 e. The van der Waals surface area contributed by atoms with Crippen LogP contribution in [0.4, 0.5) is 0 Å². The summed E-state index contributed by atoms with van der Waals surface area (Å²) in [4.78, 5) is 10.1. The molecule has 0 aliphatic carbocycles. The second-order valence-electron chi connectivity index (χ2n) is 3.35. The Labute approximate surface area is 84.6 Å². The van der Waals surface area contributed by atoms with Gasteiger partial charge in [0.1, 0.15) is 6.29 Å². The number of aliphatic hydroxyl groups excluding tert-OH is 1. The highest BCUT2D eigenvalue weighted by atomic mass is 16.2. The molecule has 0 aliphatic rings. The van der Waals surface area contributed by atoms with Crippen LogP contribution in [0.2, 0.25) is 0 Å². The maximum atomic E-state index is 10.1. The zero-order chi connectivity index (χ0) is 10.2. The molecular weight excluding hydrogens is 176 g/mol. The fraction of sp³-hybridized carbons (Fsp3) is 0.417. The fourth-order valence-corrected chi connectivity index (χ4v) is 1.39. The standard InChI is InChI=1S/C12H16O2/c13-9-2-1-3-11-4-6-12(7-5-11)8-10-14/h4-7,9,14H,1-3,8,10H2. The van der Waals surface area contributed by atoms with Gasteiger partial charge in [-0.2, -0.15) is 0 Å². The molecule has 0 saturated carbocycles. The van der Waals surface area contributed by atoms with Gasteiger partial charge in [-0.05, 0) is 30.4 Å². The highest BCUT2D eigenvalue weighted by Gasteiger charge is 1.94. The molecule has 0 bridgehead atoms. The first-order chi connectivity index (χ1) is 6.86. The Morgan fingerprint density at radius 2 is 1.64 bits per heavy atom. The summed E-state index contributed by atoms with van der Waals surface area (Å²) in [7, 11) is 0. The minimum absolute atomic E-state index is 0.199. The molecule has 0 radical (unpaired) electrons. The number of carbonyl (C=O) groups is 1. The summed E-state index contributed by atoms with van der Waals surface area (Å²) >= 11 is 0. The van der Waals surface area contributed by atoms with Crippen LogP contribution in [0.25, 0.3) is 0 Å². The number of aldehydes is 1. The van der Waals surface area contributed by atoms with Gasteiger partial charge in [0.05, 0.1) is 0 Å². The third-order valence-corrected chi connectivity index (χ3v) is 2.21. The summed E-state index contributed by atoms with van der Waals surface area (Å²) in [6.45, 7) is 0.199.